The number of rotatable bonds is 12. The van der Waals surface area contributed by atoms with E-state index in [-0.39, 0.29) is 29.2 Å². The molecule has 2 rings (SSSR count). The van der Waals surface area contributed by atoms with Crippen molar-refractivity contribution >= 4 is 21.8 Å². The lowest BCUT2D eigenvalue weighted by atomic mass is 10.0. The average molecular weight is 485 g/mol. The van der Waals surface area contributed by atoms with Gasteiger partial charge in [0.2, 0.25) is 21.8 Å². The summed E-state index contributed by atoms with van der Waals surface area (Å²) in [7, 11) is -0.752. The maximum Gasteiger partial charge on any atom is 0.241 e. The first-order valence-corrected chi connectivity index (χ1v) is 12.6. The molecule has 1 aromatic carbocycles. The van der Waals surface area contributed by atoms with Crippen LogP contribution in [0.1, 0.15) is 20.3 Å². The van der Waals surface area contributed by atoms with E-state index >= 15 is 0 Å². The molecule has 1 aliphatic heterocycles. The van der Waals surface area contributed by atoms with Gasteiger partial charge in [-0.3, -0.25) is 14.5 Å². The van der Waals surface area contributed by atoms with Gasteiger partial charge in [0.05, 0.1) is 18.6 Å². The van der Waals surface area contributed by atoms with E-state index in [9.17, 15) is 18.0 Å². The van der Waals surface area contributed by atoms with Crippen LogP contribution >= 0.6 is 0 Å². The van der Waals surface area contributed by atoms with Gasteiger partial charge in [-0.05, 0) is 36.6 Å². The molecule has 1 aliphatic rings. The van der Waals surface area contributed by atoms with Gasteiger partial charge >= 0.3 is 0 Å². The van der Waals surface area contributed by atoms with Crippen LogP contribution in [0.4, 0.5) is 0 Å². The number of carbonyl (C=O) groups is 2. The van der Waals surface area contributed by atoms with Gasteiger partial charge in [-0.2, -0.15) is 4.72 Å². The van der Waals surface area contributed by atoms with E-state index in [1.54, 1.807) is 24.1 Å². The van der Waals surface area contributed by atoms with Gasteiger partial charge in [0.1, 0.15) is 11.8 Å². The van der Waals surface area contributed by atoms with Gasteiger partial charge < -0.3 is 19.7 Å². The standard InChI is InChI=1S/C22H36N4O6S/c1-17(2)21(24-33(29,30)19-8-6-18(32-4)7-9-19)22(28)26-13-11-25(12-14-26)16-20(27)23-10-5-15-31-3/h6-9,17,21,24H,5,10-16H2,1-4H3,(H,23,27)/t21-/m0/s1. The highest BCUT2D eigenvalue weighted by atomic mass is 32.2. The summed E-state index contributed by atoms with van der Waals surface area (Å²) in [4.78, 5) is 28.9. The van der Waals surface area contributed by atoms with Crippen molar-refractivity contribution in [2.45, 2.75) is 31.2 Å². The molecule has 0 spiro atoms. The number of hydrogen-bond acceptors (Lipinski definition) is 7. The Morgan fingerprint density at radius 3 is 2.24 bits per heavy atom. The zero-order valence-corrected chi connectivity index (χ0v) is 20.7. The molecule has 0 aliphatic carbocycles. The zero-order valence-electron chi connectivity index (χ0n) is 19.9. The van der Waals surface area contributed by atoms with Crippen LogP contribution < -0.4 is 14.8 Å². The Bertz CT molecular complexity index is 867. The molecule has 186 valence electrons. The number of nitrogens with zero attached hydrogens (tertiary/aromatic N) is 2. The Morgan fingerprint density at radius 2 is 1.70 bits per heavy atom. The number of sulfonamides is 1. The molecule has 10 nitrogen and oxygen atoms in total. The molecule has 0 radical (unpaired) electrons. The van der Waals surface area contributed by atoms with Gasteiger partial charge in [0, 0.05) is 46.4 Å². The Hall–Kier alpha value is -2.21. The molecule has 11 heteroatoms. The average Bonchev–Trinajstić information content (AvgIpc) is 2.80. The highest BCUT2D eigenvalue weighted by Crippen LogP contribution is 2.18. The summed E-state index contributed by atoms with van der Waals surface area (Å²) in [6.07, 6.45) is 0.757. The third-order valence-corrected chi connectivity index (χ3v) is 6.94. The second kappa shape index (κ2) is 12.9. The van der Waals surface area contributed by atoms with Crippen LogP contribution in [-0.2, 0) is 24.3 Å². The van der Waals surface area contributed by atoms with Crippen molar-refractivity contribution in [3.05, 3.63) is 24.3 Å². The van der Waals surface area contributed by atoms with Crippen molar-refractivity contribution in [2.24, 2.45) is 5.92 Å². The predicted molar refractivity (Wildman–Crippen MR) is 124 cm³/mol. The fraction of sp³-hybridized carbons (Fsp3) is 0.636. The van der Waals surface area contributed by atoms with Crippen LogP contribution in [0.2, 0.25) is 0 Å². The fourth-order valence-electron chi connectivity index (χ4n) is 3.49. The minimum Gasteiger partial charge on any atom is -0.497 e. The van der Waals surface area contributed by atoms with Crippen molar-refractivity contribution in [1.29, 1.82) is 0 Å². The number of methoxy groups -OCH3 is 2. The van der Waals surface area contributed by atoms with Crippen molar-refractivity contribution in [2.75, 3.05) is 60.1 Å². The van der Waals surface area contributed by atoms with E-state index in [2.05, 4.69) is 10.0 Å². The van der Waals surface area contributed by atoms with Crippen molar-refractivity contribution in [3.8, 4) is 5.75 Å². The lowest BCUT2D eigenvalue weighted by Crippen LogP contribution is -2.57. The third kappa shape index (κ3) is 8.26. The molecule has 1 fully saturated rings. The first-order chi connectivity index (χ1) is 15.7. The molecule has 33 heavy (non-hydrogen) atoms. The molecular formula is C22H36N4O6S. The minimum absolute atomic E-state index is 0.0572. The fourth-order valence-corrected chi connectivity index (χ4v) is 4.83. The largest absolute Gasteiger partial charge is 0.497 e. The Kier molecular flexibility index (Phi) is 10.6. The summed E-state index contributed by atoms with van der Waals surface area (Å²) in [6.45, 7) is 7.02. The molecule has 0 bridgehead atoms. The molecule has 1 saturated heterocycles. The summed E-state index contributed by atoms with van der Waals surface area (Å²) >= 11 is 0. The quantitative estimate of drug-likeness (QED) is 0.410. The van der Waals surface area contributed by atoms with Crippen LogP contribution in [0.5, 0.6) is 5.75 Å². The number of piperazine rings is 1. The molecule has 0 saturated carbocycles. The predicted octanol–water partition coefficient (Wildman–Crippen LogP) is 0.295. The summed E-state index contributed by atoms with van der Waals surface area (Å²) in [5.74, 6) is -0.00247. The molecule has 2 amide bonds. The summed E-state index contributed by atoms with van der Waals surface area (Å²) in [5, 5.41) is 2.85. The number of hydrogen-bond donors (Lipinski definition) is 2. The van der Waals surface area contributed by atoms with Crippen LogP contribution in [-0.4, -0.2) is 96.2 Å². The Morgan fingerprint density at radius 1 is 1.06 bits per heavy atom. The third-order valence-electron chi connectivity index (χ3n) is 5.48. The van der Waals surface area contributed by atoms with E-state index < -0.39 is 16.1 Å². The highest BCUT2D eigenvalue weighted by molar-refractivity contribution is 7.89. The Labute approximate surface area is 196 Å². The summed E-state index contributed by atoms with van der Waals surface area (Å²) < 4.78 is 38.3. The topological polar surface area (TPSA) is 117 Å². The van der Waals surface area contributed by atoms with Gasteiger partial charge in [-0.15, -0.1) is 0 Å². The molecule has 1 aromatic rings. The van der Waals surface area contributed by atoms with Crippen molar-refractivity contribution < 1.29 is 27.5 Å². The van der Waals surface area contributed by atoms with E-state index in [4.69, 9.17) is 9.47 Å². The van der Waals surface area contributed by atoms with Crippen LogP contribution in [0.3, 0.4) is 0 Å². The lowest BCUT2D eigenvalue weighted by Gasteiger charge is -2.37. The molecule has 1 atom stereocenters. The smallest absolute Gasteiger partial charge is 0.241 e. The number of ether oxygens (including phenoxy) is 2. The zero-order chi connectivity index (χ0) is 24.4. The molecule has 1 heterocycles. The van der Waals surface area contributed by atoms with E-state index in [1.165, 1.54) is 19.2 Å². The van der Waals surface area contributed by atoms with Gasteiger partial charge in [-0.25, -0.2) is 8.42 Å². The van der Waals surface area contributed by atoms with E-state index in [0.717, 1.165) is 6.42 Å². The van der Waals surface area contributed by atoms with Crippen molar-refractivity contribution in [3.63, 3.8) is 0 Å². The molecule has 0 aromatic heterocycles. The van der Waals surface area contributed by atoms with Gasteiger partial charge in [-0.1, -0.05) is 13.8 Å². The maximum absolute atomic E-state index is 13.2. The van der Waals surface area contributed by atoms with Crippen LogP contribution in [0, 0.1) is 5.92 Å². The lowest BCUT2D eigenvalue weighted by molar-refractivity contribution is -0.136. The minimum atomic E-state index is -3.88. The Balaban J connectivity index is 1.91. The number of benzene rings is 1. The van der Waals surface area contributed by atoms with Gasteiger partial charge in [0.15, 0.2) is 0 Å². The number of amides is 2. The van der Waals surface area contributed by atoms with Gasteiger partial charge in [0.25, 0.3) is 0 Å². The second-order valence-corrected chi connectivity index (χ2v) is 10.0. The van der Waals surface area contributed by atoms with Crippen LogP contribution in [0.15, 0.2) is 29.2 Å². The van der Waals surface area contributed by atoms with Crippen LogP contribution in [0.25, 0.3) is 0 Å². The molecule has 0 unspecified atom stereocenters. The highest BCUT2D eigenvalue weighted by Gasteiger charge is 2.33. The summed E-state index contributed by atoms with van der Waals surface area (Å²) in [6, 6.07) is 5.14. The molecular weight excluding hydrogens is 448 g/mol. The first kappa shape index (κ1) is 27.0. The van der Waals surface area contributed by atoms with E-state index in [0.29, 0.717) is 45.1 Å². The number of nitrogens with one attached hydrogen (secondary N) is 2. The molecule has 2 N–H and O–H groups in total. The van der Waals surface area contributed by atoms with E-state index in [1.807, 2.05) is 18.7 Å². The SMILES string of the molecule is COCCCNC(=O)CN1CCN(C(=O)[C@@H](NS(=O)(=O)c2ccc(OC)cc2)C(C)C)CC1. The van der Waals surface area contributed by atoms with Crippen molar-refractivity contribution in [1.82, 2.24) is 19.8 Å². The first-order valence-electron chi connectivity index (χ1n) is 11.1. The second-order valence-electron chi connectivity index (χ2n) is 8.32. The monoisotopic (exact) mass is 484 g/mol. The number of carbonyl (C=O) groups excluding carboxylic acids is 2. The normalized spacial score (nSPS) is 16.0. The summed E-state index contributed by atoms with van der Waals surface area (Å²) in [5.41, 5.74) is 0. The maximum atomic E-state index is 13.2.